The van der Waals surface area contributed by atoms with Gasteiger partial charge in [-0.15, -0.1) is 0 Å². The van der Waals surface area contributed by atoms with Crippen molar-refractivity contribution in [1.29, 1.82) is 0 Å². The van der Waals surface area contributed by atoms with Crippen LogP contribution in [0.4, 0.5) is 4.39 Å². The van der Waals surface area contributed by atoms with E-state index in [-0.39, 0.29) is 0 Å². The zero-order valence-electron chi connectivity index (χ0n) is 12.0. The summed E-state index contributed by atoms with van der Waals surface area (Å²) in [7, 11) is 2.99. The van der Waals surface area contributed by atoms with E-state index in [1.807, 2.05) is 0 Å². The van der Waals surface area contributed by atoms with E-state index in [1.54, 1.807) is 25.1 Å². The molecule has 0 saturated heterocycles. The van der Waals surface area contributed by atoms with Gasteiger partial charge in [-0.3, -0.25) is 0 Å². The Labute approximate surface area is 127 Å². The predicted octanol–water partition coefficient (Wildman–Crippen LogP) is 3.89. The fraction of sp³-hybridized carbons (Fsp3) is 0.250. The molecule has 0 aliphatic carbocycles. The van der Waals surface area contributed by atoms with Crippen LogP contribution in [0.2, 0.25) is 5.02 Å². The van der Waals surface area contributed by atoms with Crippen LogP contribution in [0.15, 0.2) is 30.3 Å². The molecule has 0 heterocycles. The minimum absolute atomic E-state index is 0.321. The van der Waals surface area contributed by atoms with Crippen LogP contribution in [0, 0.1) is 12.7 Å². The van der Waals surface area contributed by atoms with E-state index in [2.05, 4.69) is 0 Å². The maximum absolute atomic E-state index is 13.5. The highest BCUT2D eigenvalue weighted by molar-refractivity contribution is 6.31. The molecule has 1 unspecified atom stereocenters. The standard InChI is InChI=1S/C16H16ClFO3/c1-9-4-10(6-11(18)5-9)16(19)12-7-14(20-2)15(21-3)8-13(12)17/h4-8,16,19H,1-3H3. The number of aryl methyl sites for hydroxylation is 1. The molecule has 0 fully saturated rings. The molecule has 2 rings (SSSR count). The molecule has 0 saturated carbocycles. The molecule has 0 amide bonds. The molecule has 0 radical (unpaired) electrons. The molecule has 1 N–H and O–H groups in total. The van der Waals surface area contributed by atoms with Gasteiger partial charge < -0.3 is 14.6 Å². The van der Waals surface area contributed by atoms with E-state index in [0.717, 1.165) is 5.56 Å². The lowest BCUT2D eigenvalue weighted by atomic mass is 9.99. The summed E-state index contributed by atoms with van der Waals surface area (Å²) in [6.07, 6.45) is -1.05. The van der Waals surface area contributed by atoms with Crippen LogP contribution in [0.5, 0.6) is 11.5 Å². The summed E-state index contributed by atoms with van der Waals surface area (Å²) in [5.74, 6) is 0.513. The zero-order chi connectivity index (χ0) is 15.6. The molecule has 21 heavy (non-hydrogen) atoms. The number of methoxy groups -OCH3 is 2. The second-order valence-corrected chi connectivity index (χ2v) is 5.10. The summed E-state index contributed by atoms with van der Waals surface area (Å²) >= 11 is 6.17. The summed E-state index contributed by atoms with van der Waals surface area (Å²) in [4.78, 5) is 0. The summed E-state index contributed by atoms with van der Waals surface area (Å²) in [5.41, 5.74) is 1.58. The summed E-state index contributed by atoms with van der Waals surface area (Å²) in [6, 6.07) is 7.54. The minimum Gasteiger partial charge on any atom is -0.493 e. The number of halogens is 2. The van der Waals surface area contributed by atoms with Gasteiger partial charge in [0.15, 0.2) is 11.5 Å². The van der Waals surface area contributed by atoms with E-state index in [4.69, 9.17) is 21.1 Å². The van der Waals surface area contributed by atoms with Crippen molar-refractivity contribution in [1.82, 2.24) is 0 Å². The highest BCUT2D eigenvalue weighted by Crippen LogP contribution is 2.37. The molecule has 5 heteroatoms. The first-order valence-electron chi connectivity index (χ1n) is 6.33. The van der Waals surface area contributed by atoms with Crippen LogP contribution in [-0.4, -0.2) is 19.3 Å². The quantitative estimate of drug-likeness (QED) is 0.931. The number of aliphatic hydroxyl groups is 1. The molecule has 112 valence electrons. The topological polar surface area (TPSA) is 38.7 Å². The van der Waals surface area contributed by atoms with Gasteiger partial charge in [-0.1, -0.05) is 17.7 Å². The highest BCUT2D eigenvalue weighted by atomic mass is 35.5. The molecular weight excluding hydrogens is 295 g/mol. The minimum atomic E-state index is -1.05. The second kappa shape index (κ2) is 6.33. The number of rotatable bonds is 4. The van der Waals surface area contributed by atoms with Gasteiger partial charge in [0.1, 0.15) is 11.9 Å². The Bertz CT molecular complexity index is 638. The third-order valence-corrected chi connectivity index (χ3v) is 3.50. The molecule has 2 aromatic carbocycles. The lowest BCUT2D eigenvalue weighted by Crippen LogP contribution is -2.03. The maximum Gasteiger partial charge on any atom is 0.162 e. The van der Waals surface area contributed by atoms with Crippen molar-refractivity contribution >= 4 is 11.6 Å². The number of aliphatic hydroxyl groups excluding tert-OH is 1. The molecule has 0 aromatic heterocycles. The molecule has 0 bridgehead atoms. The molecule has 0 aliphatic heterocycles. The Morgan fingerprint density at radius 1 is 1.05 bits per heavy atom. The Kier molecular flexibility index (Phi) is 4.70. The van der Waals surface area contributed by atoms with Crippen molar-refractivity contribution in [2.24, 2.45) is 0 Å². The normalized spacial score (nSPS) is 12.1. The number of hydrogen-bond donors (Lipinski definition) is 1. The first-order valence-corrected chi connectivity index (χ1v) is 6.70. The monoisotopic (exact) mass is 310 g/mol. The predicted molar refractivity (Wildman–Crippen MR) is 79.8 cm³/mol. The summed E-state index contributed by atoms with van der Waals surface area (Å²) in [5, 5.41) is 10.8. The first kappa shape index (κ1) is 15.6. The Morgan fingerprint density at radius 2 is 1.67 bits per heavy atom. The van der Waals surface area contributed by atoms with Crippen LogP contribution in [0.1, 0.15) is 22.8 Å². The van der Waals surface area contributed by atoms with Gasteiger partial charge in [0, 0.05) is 11.6 Å². The summed E-state index contributed by atoms with van der Waals surface area (Å²) in [6.45, 7) is 1.76. The summed E-state index contributed by atoms with van der Waals surface area (Å²) < 4.78 is 23.8. The van der Waals surface area contributed by atoms with Crippen LogP contribution < -0.4 is 9.47 Å². The first-order chi connectivity index (χ1) is 9.96. The van der Waals surface area contributed by atoms with Crippen LogP contribution >= 0.6 is 11.6 Å². The van der Waals surface area contributed by atoms with E-state index >= 15 is 0 Å². The van der Waals surface area contributed by atoms with Crippen molar-refractivity contribution in [3.63, 3.8) is 0 Å². The lowest BCUT2D eigenvalue weighted by molar-refractivity contribution is 0.219. The second-order valence-electron chi connectivity index (χ2n) is 4.69. The lowest BCUT2D eigenvalue weighted by Gasteiger charge is -2.17. The zero-order valence-corrected chi connectivity index (χ0v) is 12.7. The Hall–Kier alpha value is -1.78. The van der Waals surface area contributed by atoms with E-state index in [0.29, 0.717) is 27.6 Å². The average molecular weight is 311 g/mol. The van der Waals surface area contributed by atoms with Crippen molar-refractivity contribution < 1.29 is 19.0 Å². The average Bonchev–Trinajstić information content (AvgIpc) is 2.45. The smallest absolute Gasteiger partial charge is 0.162 e. The molecule has 0 spiro atoms. The number of benzene rings is 2. The fourth-order valence-electron chi connectivity index (χ4n) is 2.18. The van der Waals surface area contributed by atoms with Crippen LogP contribution in [0.25, 0.3) is 0 Å². The third kappa shape index (κ3) is 3.28. The molecule has 2 aromatic rings. The number of ether oxygens (including phenoxy) is 2. The SMILES string of the molecule is COc1cc(Cl)c(C(O)c2cc(C)cc(F)c2)cc1OC. The highest BCUT2D eigenvalue weighted by Gasteiger charge is 2.18. The number of hydrogen-bond acceptors (Lipinski definition) is 3. The fourth-order valence-corrected chi connectivity index (χ4v) is 2.44. The largest absolute Gasteiger partial charge is 0.493 e. The van der Waals surface area contributed by atoms with E-state index in [9.17, 15) is 9.50 Å². The van der Waals surface area contributed by atoms with E-state index < -0.39 is 11.9 Å². The van der Waals surface area contributed by atoms with Crippen LogP contribution in [-0.2, 0) is 0 Å². The maximum atomic E-state index is 13.5. The van der Waals surface area contributed by atoms with Gasteiger partial charge in [0.25, 0.3) is 0 Å². The van der Waals surface area contributed by atoms with E-state index in [1.165, 1.54) is 26.4 Å². The van der Waals surface area contributed by atoms with Crippen molar-refractivity contribution in [2.75, 3.05) is 14.2 Å². The van der Waals surface area contributed by atoms with Gasteiger partial charge in [-0.25, -0.2) is 4.39 Å². The molecule has 3 nitrogen and oxygen atoms in total. The molecule has 0 aliphatic rings. The van der Waals surface area contributed by atoms with Crippen LogP contribution in [0.3, 0.4) is 0 Å². The van der Waals surface area contributed by atoms with Crippen molar-refractivity contribution in [2.45, 2.75) is 13.0 Å². The van der Waals surface area contributed by atoms with Crippen molar-refractivity contribution in [3.8, 4) is 11.5 Å². The Balaban J connectivity index is 2.49. The molecular formula is C16H16ClFO3. The molecule has 1 atom stereocenters. The van der Waals surface area contributed by atoms with Gasteiger partial charge in [-0.05, 0) is 36.2 Å². The van der Waals surface area contributed by atoms with Crippen molar-refractivity contribution in [3.05, 3.63) is 57.9 Å². The third-order valence-electron chi connectivity index (χ3n) is 3.18. The van der Waals surface area contributed by atoms with Gasteiger partial charge in [-0.2, -0.15) is 0 Å². The Morgan fingerprint density at radius 3 is 2.24 bits per heavy atom. The van der Waals surface area contributed by atoms with Gasteiger partial charge in [0.05, 0.1) is 19.2 Å². The van der Waals surface area contributed by atoms with Gasteiger partial charge in [0.2, 0.25) is 0 Å². The van der Waals surface area contributed by atoms with Gasteiger partial charge >= 0.3 is 0 Å².